The molecule has 0 spiro atoms. The van der Waals surface area contributed by atoms with E-state index in [0.29, 0.717) is 19.6 Å². The molecular formula is C23H50ClNO5. The molecule has 0 atom stereocenters. The largest absolute Gasteiger partial charge is 0.381 e. The van der Waals surface area contributed by atoms with E-state index in [1.807, 2.05) is 0 Å². The van der Waals surface area contributed by atoms with Gasteiger partial charge in [-0.3, -0.25) is 0 Å². The molecule has 0 unspecified atom stereocenters. The van der Waals surface area contributed by atoms with Crippen LogP contribution in [-0.4, -0.2) is 50.8 Å². The molecule has 0 radical (unpaired) electrons. The Hall–Kier alpha value is 0.0500. The van der Waals surface area contributed by atoms with Crippen molar-refractivity contribution in [1.82, 2.24) is 0 Å². The van der Waals surface area contributed by atoms with Gasteiger partial charge < -0.3 is 30.9 Å². The van der Waals surface area contributed by atoms with Crippen molar-refractivity contribution < 1.29 is 25.2 Å². The van der Waals surface area contributed by atoms with Crippen LogP contribution in [0, 0.1) is 5.92 Å². The predicted molar refractivity (Wildman–Crippen MR) is 126 cm³/mol. The molecule has 0 aliphatic heterocycles. The number of hydrogen-bond acceptors (Lipinski definition) is 6. The van der Waals surface area contributed by atoms with Gasteiger partial charge in [-0.1, -0.05) is 79.1 Å². The molecule has 0 aromatic rings. The van der Waals surface area contributed by atoms with E-state index in [9.17, 15) is 20.4 Å². The Morgan fingerprint density at radius 2 is 1.10 bits per heavy atom. The zero-order chi connectivity index (χ0) is 22.4. The summed E-state index contributed by atoms with van der Waals surface area (Å²) in [7, 11) is 0. The second kappa shape index (κ2) is 16.7. The molecule has 6 nitrogen and oxygen atoms in total. The zero-order valence-electron chi connectivity index (χ0n) is 19.9. The number of unbranched alkanes of at least 4 members (excludes halogenated alkanes) is 7. The van der Waals surface area contributed by atoms with Gasteiger partial charge in [0.2, 0.25) is 0 Å². The van der Waals surface area contributed by atoms with Crippen molar-refractivity contribution in [3.8, 4) is 0 Å². The topological polar surface area (TPSA) is 116 Å². The van der Waals surface area contributed by atoms with Crippen molar-refractivity contribution >= 4 is 12.4 Å². The molecule has 0 aromatic carbocycles. The molecule has 0 rings (SSSR count). The van der Waals surface area contributed by atoms with Crippen molar-refractivity contribution in [2.75, 3.05) is 13.2 Å². The minimum absolute atomic E-state index is 0. The summed E-state index contributed by atoms with van der Waals surface area (Å²) in [6.07, 6.45) is 11.7. The Morgan fingerprint density at radius 3 is 1.53 bits per heavy atom. The third-order valence-corrected chi connectivity index (χ3v) is 6.09. The van der Waals surface area contributed by atoms with Gasteiger partial charge in [-0.15, -0.1) is 12.4 Å². The highest BCUT2D eigenvalue weighted by atomic mass is 35.5. The fourth-order valence-corrected chi connectivity index (χ4v) is 3.72. The Kier molecular flexibility index (Phi) is 17.9. The Morgan fingerprint density at radius 1 is 0.700 bits per heavy atom. The number of ether oxygens (including phenoxy) is 1. The van der Waals surface area contributed by atoms with Gasteiger partial charge in [0, 0.05) is 26.1 Å². The zero-order valence-corrected chi connectivity index (χ0v) is 20.7. The average Bonchev–Trinajstić information content (AvgIpc) is 2.67. The van der Waals surface area contributed by atoms with E-state index in [4.69, 9.17) is 10.5 Å². The summed E-state index contributed by atoms with van der Waals surface area (Å²) in [6.45, 7) is 8.74. The number of halogens is 1. The molecule has 7 heteroatoms. The van der Waals surface area contributed by atoms with Gasteiger partial charge in [0.05, 0.1) is 0 Å². The van der Waals surface area contributed by atoms with Crippen LogP contribution in [0.4, 0.5) is 0 Å². The van der Waals surface area contributed by atoms with Crippen LogP contribution in [-0.2, 0) is 4.74 Å². The van der Waals surface area contributed by atoms with E-state index < -0.39 is 17.1 Å². The fraction of sp³-hybridized carbons (Fsp3) is 1.00. The lowest BCUT2D eigenvalue weighted by Gasteiger charge is -2.48. The van der Waals surface area contributed by atoms with Gasteiger partial charge in [0.15, 0.2) is 11.6 Å². The lowest BCUT2D eigenvalue weighted by molar-refractivity contribution is -0.316. The molecular weight excluding hydrogens is 406 g/mol. The highest BCUT2D eigenvalue weighted by Gasteiger charge is 2.57. The van der Waals surface area contributed by atoms with Crippen LogP contribution < -0.4 is 5.73 Å². The predicted octanol–water partition coefficient (Wildman–Crippen LogP) is 4.25. The van der Waals surface area contributed by atoms with Crippen LogP contribution >= 0.6 is 12.4 Å². The number of nitrogens with two attached hydrogens (primary N) is 1. The number of hydrogen-bond donors (Lipinski definition) is 5. The highest BCUT2D eigenvalue weighted by molar-refractivity contribution is 5.85. The molecule has 0 fully saturated rings. The SMILES string of the molecule is CCC(O)(O)C(N)(CCCOCCCCCCCCCCC(C)C)C(O)(O)CC.Cl. The molecule has 6 N–H and O–H groups in total. The van der Waals surface area contributed by atoms with E-state index in [1.54, 1.807) is 13.8 Å². The van der Waals surface area contributed by atoms with Crippen molar-refractivity contribution in [3.05, 3.63) is 0 Å². The Balaban J connectivity index is 0. The number of rotatable bonds is 19. The fourth-order valence-electron chi connectivity index (χ4n) is 3.72. The minimum Gasteiger partial charge on any atom is -0.381 e. The van der Waals surface area contributed by atoms with E-state index in [0.717, 1.165) is 18.8 Å². The Labute approximate surface area is 191 Å². The molecule has 0 aliphatic rings. The standard InChI is InChI=1S/C23H49NO5.ClH/c1-5-22(25,26)21(24,23(27,28)6-2)17-15-19-29-18-14-12-10-8-7-9-11-13-16-20(3)4;/h20,25-28H,5-19,24H2,1-4H3;1H. The smallest absolute Gasteiger partial charge is 0.186 e. The quantitative estimate of drug-likeness (QED) is 0.147. The van der Waals surface area contributed by atoms with Crippen LogP contribution in [0.25, 0.3) is 0 Å². The summed E-state index contributed by atoms with van der Waals surface area (Å²) in [6, 6.07) is 0. The minimum atomic E-state index is -2.36. The summed E-state index contributed by atoms with van der Waals surface area (Å²) >= 11 is 0. The Bertz CT molecular complexity index is 389. The van der Waals surface area contributed by atoms with E-state index >= 15 is 0 Å². The summed E-state index contributed by atoms with van der Waals surface area (Å²) < 4.78 is 5.62. The third-order valence-electron chi connectivity index (χ3n) is 6.09. The van der Waals surface area contributed by atoms with Crippen molar-refractivity contribution in [1.29, 1.82) is 0 Å². The summed E-state index contributed by atoms with van der Waals surface area (Å²) in [4.78, 5) is 0. The van der Waals surface area contributed by atoms with E-state index in [2.05, 4.69) is 13.8 Å². The second-order valence-electron chi connectivity index (χ2n) is 9.04. The lowest BCUT2D eigenvalue weighted by Crippen LogP contribution is -2.73. The first kappa shape index (κ1) is 32.2. The van der Waals surface area contributed by atoms with E-state index in [1.165, 1.54) is 44.9 Å². The van der Waals surface area contributed by atoms with Gasteiger partial charge in [-0.25, -0.2) is 0 Å². The van der Waals surface area contributed by atoms with Crippen LogP contribution in [0.3, 0.4) is 0 Å². The third kappa shape index (κ3) is 11.6. The first-order chi connectivity index (χ1) is 13.5. The molecule has 184 valence electrons. The lowest BCUT2D eigenvalue weighted by atomic mass is 9.75. The molecule has 0 saturated heterocycles. The van der Waals surface area contributed by atoms with Gasteiger partial charge in [0.1, 0.15) is 5.54 Å². The summed E-state index contributed by atoms with van der Waals surface area (Å²) in [5.41, 5.74) is 4.14. The molecule has 0 amide bonds. The van der Waals surface area contributed by atoms with Gasteiger partial charge in [-0.2, -0.15) is 0 Å². The first-order valence-electron chi connectivity index (χ1n) is 11.8. The van der Waals surface area contributed by atoms with Gasteiger partial charge in [-0.05, 0) is 25.2 Å². The highest BCUT2D eigenvalue weighted by Crippen LogP contribution is 2.36. The van der Waals surface area contributed by atoms with Crippen molar-refractivity contribution in [3.63, 3.8) is 0 Å². The van der Waals surface area contributed by atoms with E-state index in [-0.39, 0.29) is 31.7 Å². The molecule has 0 heterocycles. The average molecular weight is 456 g/mol. The van der Waals surface area contributed by atoms with Crippen LogP contribution in [0.5, 0.6) is 0 Å². The van der Waals surface area contributed by atoms with Crippen LogP contribution in [0.15, 0.2) is 0 Å². The normalized spacial score (nSPS) is 13.0. The molecule has 0 bridgehead atoms. The van der Waals surface area contributed by atoms with Crippen LogP contribution in [0.1, 0.15) is 111 Å². The molecule has 30 heavy (non-hydrogen) atoms. The molecule has 0 aliphatic carbocycles. The molecule has 0 aromatic heterocycles. The summed E-state index contributed by atoms with van der Waals surface area (Å²) in [5, 5.41) is 40.8. The van der Waals surface area contributed by atoms with Crippen molar-refractivity contribution in [2.45, 2.75) is 128 Å². The molecule has 0 saturated carbocycles. The maximum Gasteiger partial charge on any atom is 0.186 e. The van der Waals surface area contributed by atoms with Gasteiger partial charge >= 0.3 is 0 Å². The van der Waals surface area contributed by atoms with Gasteiger partial charge in [0.25, 0.3) is 0 Å². The first-order valence-corrected chi connectivity index (χ1v) is 11.8. The maximum absolute atomic E-state index is 10.2. The monoisotopic (exact) mass is 455 g/mol. The second-order valence-corrected chi connectivity index (χ2v) is 9.04. The van der Waals surface area contributed by atoms with Crippen molar-refractivity contribution in [2.24, 2.45) is 11.7 Å². The van der Waals surface area contributed by atoms with Crippen LogP contribution in [0.2, 0.25) is 0 Å². The maximum atomic E-state index is 10.2. The number of aliphatic hydroxyl groups is 4. The summed E-state index contributed by atoms with van der Waals surface area (Å²) in [5.74, 6) is -3.90.